The number of hydrogen-bond acceptors (Lipinski definition) is 4. The molecule has 1 aromatic rings. The van der Waals surface area contributed by atoms with Crippen molar-refractivity contribution in [2.24, 2.45) is 5.92 Å². The van der Waals surface area contributed by atoms with Gasteiger partial charge < -0.3 is 9.52 Å². The lowest BCUT2D eigenvalue weighted by molar-refractivity contribution is 0.0656. The summed E-state index contributed by atoms with van der Waals surface area (Å²) in [5, 5.41) is 8.46. The van der Waals surface area contributed by atoms with Crippen molar-refractivity contribution in [3.63, 3.8) is 0 Å². The van der Waals surface area contributed by atoms with Crippen LogP contribution in [0.25, 0.3) is 0 Å². The van der Waals surface area contributed by atoms with Gasteiger partial charge in [-0.15, -0.1) is 0 Å². The second-order valence-electron chi connectivity index (χ2n) is 4.70. The van der Waals surface area contributed by atoms with Crippen LogP contribution in [0.5, 0.6) is 0 Å². The van der Waals surface area contributed by atoms with Gasteiger partial charge in [0.05, 0.1) is 0 Å². The second kappa shape index (κ2) is 5.34. The van der Waals surface area contributed by atoms with Crippen LogP contribution in [0.1, 0.15) is 36.7 Å². The summed E-state index contributed by atoms with van der Waals surface area (Å²) in [6.45, 7) is 2.97. The smallest absolute Gasteiger partial charge is 0.371 e. The molecule has 1 saturated heterocycles. The molecule has 0 bridgehead atoms. The molecule has 0 radical (unpaired) electrons. The zero-order chi connectivity index (χ0) is 14.0. The summed E-state index contributed by atoms with van der Waals surface area (Å²) < 4.78 is 30.9. The van der Waals surface area contributed by atoms with Crippen LogP contribution in [-0.2, 0) is 10.0 Å². The van der Waals surface area contributed by atoms with Gasteiger partial charge in [0.15, 0.2) is 0 Å². The van der Waals surface area contributed by atoms with Crippen LogP contribution in [0, 0.1) is 5.92 Å². The molecule has 1 fully saturated rings. The van der Waals surface area contributed by atoms with E-state index in [-0.39, 0.29) is 10.9 Å². The SMILES string of the molecule is CCC1CCCN(S(=O)(=O)c2ccc(C(=O)O)o2)C1. The Kier molecular flexibility index (Phi) is 3.96. The molecule has 2 heterocycles. The molecule has 0 aliphatic carbocycles. The lowest BCUT2D eigenvalue weighted by Crippen LogP contribution is -2.39. The van der Waals surface area contributed by atoms with Crippen molar-refractivity contribution in [1.82, 2.24) is 4.31 Å². The minimum atomic E-state index is -3.71. The summed E-state index contributed by atoms with van der Waals surface area (Å²) >= 11 is 0. The summed E-state index contributed by atoms with van der Waals surface area (Å²) in [7, 11) is -3.71. The third kappa shape index (κ3) is 2.82. The van der Waals surface area contributed by atoms with Gasteiger partial charge in [0.2, 0.25) is 10.9 Å². The van der Waals surface area contributed by atoms with Crippen molar-refractivity contribution in [2.45, 2.75) is 31.3 Å². The highest BCUT2D eigenvalue weighted by Crippen LogP contribution is 2.26. The van der Waals surface area contributed by atoms with E-state index in [1.54, 1.807) is 0 Å². The fourth-order valence-corrected chi connectivity index (χ4v) is 3.75. The molecule has 7 heteroatoms. The zero-order valence-electron chi connectivity index (χ0n) is 10.7. The third-order valence-corrected chi connectivity index (χ3v) is 5.18. The first-order valence-corrected chi connectivity index (χ1v) is 7.72. The molecule has 1 unspecified atom stereocenters. The molecule has 0 saturated carbocycles. The lowest BCUT2D eigenvalue weighted by atomic mass is 9.97. The van der Waals surface area contributed by atoms with Crippen molar-refractivity contribution >= 4 is 16.0 Å². The van der Waals surface area contributed by atoms with Crippen LogP contribution in [0.15, 0.2) is 21.6 Å². The summed E-state index contributed by atoms with van der Waals surface area (Å²) in [4.78, 5) is 10.7. The Morgan fingerprint density at radius 3 is 2.84 bits per heavy atom. The number of hydrogen-bond donors (Lipinski definition) is 1. The van der Waals surface area contributed by atoms with E-state index in [9.17, 15) is 13.2 Å². The summed E-state index contributed by atoms with van der Waals surface area (Å²) in [6.07, 6.45) is 2.79. The Morgan fingerprint density at radius 2 is 2.26 bits per heavy atom. The van der Waals surface area contributed by atoms with Gasteiger partial charge in [0.25, 0.3) is 10.0 Å². The predicted octanol–water partition coefficient (Wildman–Crippen LogP) is 1.79. The zero-order valence-corrected chi connectivity index (χ0v) is 11.5. The number of furan rings is 1. The molecule has 1 aliphatic rings. The van der Waals surface area contributed by atoms with Crippen LogP contribution >= 0.6 is 0 Å². The summed E-state index contributed by atoms with van der Waals surface area (Å²) in [5.74, 6) is -1.27. The number of aromatic carboxylic acids is 1. The van der Waals surface area contributed by atoms with E-state index in [2.05, 4.69) is 0 Å². The molecule has 0 spiro atoms. The van der Waals surface area contributed by atoms with E-state index in [1.165, 1.54) is 10.4 Å². The first-order valence-electron chi connectivity index (χ1n) is 6.28. The summed E-state index contributed by atoms with van der Waals surface area (Å²) in [6, 6.07) is 2.37. The molecule has 0 amide bonds. The van der Waals surface area contributed by atoms with E-state index in [4.69, 9.17) is 9.52 Å². The molecule has 1 N–H and O–H groups in total. The largest absolute Gasteiger partial charge is 0.475 e. The normalized spacial score (nSPS) is 21.4. The van der Waals surface area contributed by atoms with E-state index in [0.717, 1.165) is 25.3 Å². The van der Waals surface area contributed by atoms with Crippen LogP contribution in [0.2, 0.25) is 0 Å². The fraction of sp³-hybridized carbons (Fsp3) is 0.583. The third-order valence-electron chi connectivity index (χ3n) is 3.45. The van der Waals surface area contributed by atoms with E-state index in [0.29, 0.717) is 19.0 Å². The van der Waals surface area contributed by atoms with Crippen LogP contribution < -0.4 is 0 Å². The highest BCUT2D eigenvalue weighted by molar-refractivity contribution is 7.89. The maximum atomic E-state index is 12.3. The molecular weight excluding hydrogens is 270 g/mol. The van der Waals surface area contributed by atoms with Crippen LogP contribution in [-0.4, -0.2) is 36.9 Å². The van der Waals surface area contributed by atoms with E-state index < -0.39 is 16.0 Å². The Morgan fingerprint density at radius 1 is 1.53 bits per heavy atom. The highest BCUT2D eigenvalue weighted by atomic mass is 32.2. The van der Waals surface area contributed by atoms with Crippen molar-refractivity contribution in [3.05, 3.63) is 17.9 Å². The maximum Gasteiger partial charge on any atom is 0.371 e. The molecule has 0 aromatic carbocycles. The van der Waals surface area contributed by atoms with Gasteiger partial charge in [0.1, 0.15) is 0 Å². The Balaban J connectivity index is 2.23. The number of carbonyl (C=O) groups is 1. The van der Waals surface area contributed by atoms with Crippen molar-refractivity contribution in [2.75, 3.05) is 13.1 Å². The van der Waals surface area contributed by atoms with Crippen LogP contribution in [0.3, 0.4) is 0 Å². The number of nitrogens with zero attached hydrogens (tertiary/aromatic N) is 1. The topological polar surface area (TPSA) is 87.8 Å². The van der Waals surface area contributed by atoms with Crippen molar-refractivity contribution < 1.29 is 22.7 Å². The summed E-state index contributed by atoms with van der Waals surface area (Å²) in [5.41, 5.74) is 0. The Bertz CT molecular complexity index is 562. The Labute approximate surface area is 112 Å². The average molecular weight is 287 g/mol. The van der Waals surface area contributed by atoms with Gasteiger partial charge in [-0.1, -0.05) is 13.3 Å². The molecule has 1 aliphatic heterocycles. The fourth-order valence-electron chi connectivity index (χ4n) is 2.28. The van der Waals surface area contributed by atoms with Gasteiger partial charge in [-0.05, 0) is 30.9 Å². The van der Waals surface area contributed by atoms with Gasteiger partial charge in [-0.2, -0.15) is 4.31 Å². The van der Waals surface area contributed by atoms with Crippen molar-refractivity contribution in [1.29, 1.82) is 0 Å². The van der Waals surface area contributed by atoms with Gasteiger partial charge >= 0.3 is 5.97 Å². The molecule has 2 rings (SSSR count). The molecule has 106 valence electrons. The van der Waals surface area contributed by atoms with Crippen LogP contribution in [0.4, 0.5) is 0 Å². The molecule has 19 heavy (non-hydrogen) atoms. The number of carboxylic acid groups (broad SMARTS) is 1. The van der Waals surface area contributed by atoms with E-state index in [1.807, 2.05) is 6.92 Å². The maximum absolute atomic E-state index is 12.3. The van der Waals surface area contributed by atoms with Crippen molar-refractivity contribution in [3.8, 4) is 0 Å². The standard InChI is InChI=1S/C12H17NO5S/c1-2-9-4-3-7-13(8-9)19(16,17)11-6-5-10(18-11)12(14)15/h5-6,9H,2-4,7-8H2,1H3,(H,14,15). The molecule has 1 aromatic heterocycles. The molecule has 1 atom stereocenters. The first kappa shape index (κ1) is 14.1. The van der Waals surface area contributed by atoms with Gasteiger partial charge in [-0.25, -0.2) is 13.2 Å². The monoisotopic (exact) mass is 287 g/mol. The number of piperidine rings is 1. The van der Waals surface area contributed by atoms with Gasteiger partial charge in [-0.3, -0.25) is 0 Å². The minimum absolute atomic E-state index is 0.290. The minimum Gasteiger partial charge on any atom is -0.475 e. The quantitative estimate of drug-likeness (QED) is 0.912. The lowest BCUT2D eigenvalue weighted by Gasteiger charge is -2.30. The van der Waals surface area contributed by atoms with E-state index >= 15 is 0 Å². The first-order chi connectivity index (χ1) is 8.95. The average Bonchev–Trinajstić information content (AvgIpc) is 2.89. The molecule has 6 nitrogen and oxygen atoms in total. The second-order valence-corrected chi connectivity index (χ2v) is 6.57. The highest BCUT2D eigenvalue weighted by Gasteiger charge is 2.32. The molecular formula is C12H17NO5S. The number of carboxylic acids is 1. The number of sulfonamides is 1. The Hall–Kier alpha value is -1.34. The number of rotatable bonds is 4. The predicted molar refractivity (Wildman–Crippen MR) is 67.4 cm³/mol. The van der Waals surface area contributed by atoms with Gasteiger partial charge in [0, 0.05) is 13.1 Å².